The third-order valence-electron chi connectivity index (χ3n) is 3.16. The fraction of sp³-hybridized carbons (Fsp3) is 0.200. The number of halogens is 3. The highest BCUT2D eigenvalue weighted by Crippen LogP contribution is 2.34. The molecule has 0 aliphatic heterocycles. The lowest BCUT2D eigenvalue weighted by molar-refractivity contribution is 0.403. The van der Waals surface area contributed by atoms with E-state index in [0.717, 1.165) is 0 Å². The van der Waals surface area contributed by atoms with E-state index in [1.54, 1.807) is 25.1 Å². The molecule has 0 saturated carbocycles. The number of aryl methyl sites for hydroxylation is 1. The molecule has 0 heterocycles. The van der Waals surface area contributed by atoms with Crippen molar-refractivity contribution >= 4 is 15.9 Å². The first-order valence-electron chi connectivity index (χ1n) is 5.99. The Morgan fingerprint density at radius 1 is 1.20 bits per heavy atom. The minimum atomic E-state index is -0.734. The predicted molar refractivity (Wildman–Crippen MR) is 77.8 cm³/mol. The van der Waals surface area contributed by atoms with Crippen LogP contribution in [0.15, 0.2) is 34.8 Å². The lowest BCUT2D eigenvalue weighted by Gasteiger charge is -2.18. The first-order chi connectivity index (χ1) is 9.45. The van der Waals surface area contributed by atoms with E-state index in [4.69, 9.17) is 10.5 Å². The van der Waals surface area contributed by atoms with Gasteiger partial charge in [0.1, 0.15) is 17.4 Å². The molecule has 0 radical (unpaired) electrons. The first kappa shape index (κ1) is 14.9. The topological polar surface area (TPSA) is 35.2 Å². The minimum absolute atomic E-state index is 0.261. The van der Waals surface area contributed by atoms with Gasteiger partial charge in [-0.3, -0.25) is 0 Å². The average molecular weight is 342 g/mol. The van der Waals surface area contributed by atoms with E-state index in [2.05, 4.69) is 15.9 Å². The molecule has 0 aromatic heterocycles. The van der Waals surface area contributed by atoms with Crippen LogP contribution in [-0.2, 0) is 0 Å². The van der Waals surface area contributed by atoms with Gasteiger partial charge in [0, 0.05) is 17.2 Å². The van der Waals surface area contributed by atoms with Crippen molar-refractivity contribution in [1.82, 2.24) is 0 Å². The second-order valence-corrected chi connectivity index (χ2v) is 5.32. The number of rotatable bonds is 3. The van der Waals surface area contributed by atoms with E-state index in [1.807, 2.05) is 0 Å². The molecule has 2 aromatic rings. The maximum atomic E-state index is 14.1. The highest BCUT2D eigenvalue weighted by Gasteiger charge is 2.20. The third-order valence-corrected chi connectivity index (χ3v) is 3.77. The van der Waals surface area contributed by atoms with Crippen molar-refractivity contribution in [2.75, 3.05) is 7.11 Å². The number of benzene rings is 2. The van der Waals surface area contributed by atoms with Crippen molar-refractivity contribution in [3.63, 3.8) is 0 Å². The van der Waals surface area contributed by atoms with Crippen LogP contribution in [0.3, 0.4) is 0 Å². The van der Waals surface area contributed by atoms with Crippen molar-refractivity contribution in [3.05, 3.63) is 63.1 Å². The van der Waals surface area contributed by atoms with Crippen molar-refractivity contribution in [1.29, 1.82) is 0 Å². The minimum Gasteiger partial charge on any atom is -0.496 e. The van der Waals surface area contributed by atoms with Gasteiger partial charge in [-0.1, -0.05) is 18.2 Å². The summed E-state index contributed by atoms with van der Waals surface area (Å²) in [6, 6.07) is 7.03. The fourth-order valence-electron chi connectivity index (χ4n) is 2.04. The second kappa shape index (κ2) is 5.89. The summed E-state index contributed by atoms with van der Waals surface area (Å²) in [7, 11) is 1.42. The fourth-order valence-corrected chi connectivity index (χ4v) is 2.40. The highest BCUT2D eigenvalue weighted by atomic mass is 79.9. The smallest absolute Gasteiger partial charge is 0.141 e. The molecule has 0 aliphatic rings. The predicted octanol–water partition coefficient (Wildman–Crippen LogP) is 4.09. The number of ether oxygens (including phenoxy) is 1. The Morgan fingerprint density at radius 3 is 2.55 bits per heavy atom. The van der Waals surface area contributed by atoms with Gasteiger partial charge < -0.3 is 10.5 Å². The molecule has 0 saturated heterocycles. The molecule has 2 nitrogen and oxygen atoms in total. The third kappa shape index (κ3) is 2.69. The van der Waals surface area contributed by atoms with Crippen LogP contribution in [0.25, 0.3) is 0 Å². The standard InChI is InChI=1S/C15H14BrF2NO/c1-8-4-3-5-9(14(8)18)15(19)10-6-11(16)12(17)7-13(10)20-2/h3-7,15H,19H2,1-2H3. The molecule has 5 heteroatoms. The normalized spacial score (nSPS) is 12.3. The second-order valence-electron chi connectivity index (χ2n) is 4.46. The molecule has 0 spiro atoms. The van der Waals surface area contributed by atoms with E-state index in [1.165, 1.54) is 19.2 Å². The number of hydrogen-bond acceptors (Lipinski definition) is 2. The molecule has 2 N–H and O–H groups in total. The molecule has 0 fully saturated rings. The van der Waals surface area contributed by atoms with Crippen LogP contribution in [0.4, 0.5) is 8.78 Å². The highest BCUT2D eigenvalue weighted by molar-refractivity contribution is 9.10. The Balaban J connectivity index is 2.55. The maximum absolute atomic E-state index is 14.1. The molecule has 2 rings (SSSR count). The summed E-state index contributed by atoms with van der Waals surface area (Å²) in [5, 5.41) is 0. The Labute approximate surface area is 124 Å². The molecule has 106 valence electrons. The van der Waals surface area contributed by atoms with Crippen LogP contribution in [0.5, 0.6) is 5.75 Å². The molecular formula is C15H14BrF2NO. The van der Waals surface area contributed by atoms with Gasteiger partial charge in [-0.15, -0.1) is 0 Å². The molecule has 2 aromatic carbocycles. The summed E-state index contributed by atoms with van der Waals surface area (Å²) >= 11 is 3.10. The van der Waals surface area contributed by atoms with Crippen molar-refractivity contribution in [2.45, 2.75) is 13.0 Å². The summed E-state index contributed by atoms with van der Waals surface area (Å²) in [5.74, 6) is -0.524. The summed E-state index contributed by atoms with van der Waals surface area (Å²) in [6.07, 6.45) is 0. The van der Waals surface area contributed by atoms with Gasteiger partial charge in [0.25, 0.3) is 0 Å². The van der Waals surface area contributed by atoms with Crippen LogP contribution >= 0.6 is 15.9 Å². The van der Waals surface area contributed by atoms with E-state index < -0.39 is 11.9 Å². The van der Waals surface area contributed by atoms with Crippen molar-refractivity contribution in [2.24, 2.45) is 5.73 Å². The Morgan fingerprint density at radius 2 is 1.90 bits per heavy atom. The number of methoxy groups -OCH3 is 1. The molecule has 20 heavy (non-hydrogen) atoms. The quantitative estimate of drug-likeness (QED) is 0.912. The Hall–Kier alpha value is -1.46. The maximum Gasteiger partial charge on any atom is 0.141 e. The van der Waals surface area contributed by atoms with E-state index in [0.29, 0.717) is 22.4 Å². The molecule has 0 bridgehead atoms. The average Bonchev–Trinajstić information content (AvgIpc) is 2.43. The zero-order valence-corrected chi connectivity index (χ0v) is 12.7. The molecule has 0 amide bonds. The molecule has 1 unspecified atom stereocenters. The zero-order valence-electron chi connectivity index (χ0n) is 11.1. The monoisotopic (exact) mass is 341 g/mol. The molecule has 1 atom stereocenters. The van der Waals surface area contributed by atoms with Crippen LogP contribution < -0.4 is 10.5 Å². The zero-order chi connectivity index (χ0) is 14.9. The summed E-state index contributed by atoms with van der Waals surface area (Å²) in [5.41, 5.74) is 7.50. The van der Waals surface area contributed by atoms with Gasteiger partial charge in [-0.2, -0.15) is 0 Å². The summed E-state index contributed by atoms with van der Waals surface area (Å²) in [4.78, 5) is 0. The molecule has 0 aliphatic carbocycles. The van der Waals surface area contributed by atoms with E-state index in [9.17, 15) is 8.78 Å². The first-order valence-corrected chi connectivity index (χ1v) is 6.78. The summed E-state index contributed by atoms with van der Waals surface area (Å²) < 4.78 is 33.1. The number of nitrogens with two attached hydrogens (primary N) is 1. The van der Waals surface area contributed by atoms with E-state index in [-0.39, 0.29) is 10.3 Å². The summed E-state index contributed by atoms with van der Waals surface area (Å²) in [6.45, 7) is 1.67. The van der Waals surface area contributed by atoms with Gasteiger partial charge in [0.05, 0.1) is 17.6 Å². The Bertz CT molecular complexity index is 646. The van der Waals surface area contributed by atoms with Gasteiger partial charge >= 0.3 is 0 Å². The van der Waals surface area contributed by atoms with Crippen LogP contribution in [0.2, 0.25) is 0 Å². The van der Waals surface area contributed by atoms with Crippen molar-refractivity contribution in [3.8, 4) is 5.75 Å². The van der Waals surface area contributed by atoms with Crippen LogP contribution in [0.1, 0.15) is 22.7 Å². The van der Waals surface area contributed by atoms with Crippen molar-refractivity contribution < 1.29 is 13.5 Å². The lowest BCUT2D eigenvalue weighted by Crippen LogP contribution is -2.15. The van der Waals surface area contributed by atoms with E-state index >= 15 is 0 Å². The number of hydrogen-bond donors (Lipinski definition) is 1. The van der Waals surface area contributed by atoms with Gasteiger partial charge in [0.15, 0.2) is 0 Å². The van der Waals surface area contributed by atoms with Gasteiger partial charge in [-0.25, -0.2) is 8.78 Å². The lowest BCUT2D eigenvalue weighted by atomic mass is 9.96. The Kier molecular flexibility index (Phi) is 4.40. The SMILES string of the molecule is COc1cc(F)c(Br)cc1C(N)c1cccc(C)c1F. The van der Waals surface area contributed by atoms with Gasteiger partial charge in [0.2, 0.25) is 0 Å². The van der Waals surface area contributed by atoms with Crippen LogP contribution in [-0.4, -0.2) is 7.11 Å². The van der Waals surface area contributed by atoms with Gasteiger partial charge in [-0.05, 0) is 34.5 Å². The largest absolute Gasteiger partial charge is 0.496 e. The molecular weight excluding hydrogens is 328 g/mol. The van der Waals surface area contributed by atoms with Crippen LogP contribution in [0, 0.1) is 18.6 Å².